The van der Waals surface area contributed by atoms with Crippen LogP contribution in [-0.2, 0) is 6.54 Å². The summed E-state index contributed by atoms with van der Waals surface area (Å²) in [5.74, 6) is -0.201. The normalized spacial score (nSPS) is 10.8. The Balaban J connectivity index is 2.90. The van der Waals surface area contributed by atoms with Crippen molar-refractivity contribution in [2.45, 2.75) is 6.54 Å². The van der Waals surface area contributed by atoms with Crippen molar-refractivity contribution < 1.29 is 4.39 Å². The first-order chi connectivity index (χ1) is 5.59. The molecule has 0 bridgehead atoms. The van der Waals surface area contributed by atoms with Crippen molar-refractivity contribution in [2.75, 3.05) is 14.1 Å². The molecular formula is C9H11ClFN. The summed E-state index contributed by atoms with van der Waals surface area (Å²) in [5, 5.41) is 0.577. The molecule has 1 aromatic rings. The lowest BCUT2D eigenvalue weighted by Gasteiger charge is -2.10. The van der Waals surface area contributed by atoms with Crippen LogP contribution in [0.5, 0.6) is 0 Å². The number of halogens is 2. The van der Waals surface area contributed by atoms with E-state index in [1.165, 1.54) is 6.07 Å². The highest BCUT2D eigenvalue weighted by Crippen LogP contribution is 2.15. The Hall–Kier alpha value is -0.600. The summed E-state index contributed by atoms with van der Waals surface area (Å²) in [7, 11) is 3.78. The third-order valence-corrected chi connectivity index (χ3v) is 1.73. The van der Waals surface area contributed by atoms with E-state index in [-0.39, 0.29) is 5.82 Å². The van der Waals surface area contributed by atoms with Crippen molar-refractivity contribution in [1.82, 2.24) is 4.90 Å². The van der Waals surface area contributed by atoms with Crippen molar-refractivity contribution >= 4 is 11.6 Å². The third kappa shape index (κ3) is 2.47. The standard InChI is InChI=1S/C9H11ClFN/c1-12(2)6-7-5-8(10)3-4-9(7)11/h3-5H,6H2,1-2H3. The molecule has 0 radical (unpaired) electrons. The number of hydrogen-bond donors (Lipinski definition) is 0. The van der Waals surface area contributed by atoms with Crippen LogP contribution >= 0.6 is 11.6 Å². The van der Waals surface area contributed by atoms with Crippen LogP contribution in [0.1, 0.15) is 5.56 Å². The van der Waals surface area contributed by atoms with Crippen LogP contribution < -0.4 is 0 Å². The van der Waals surface area contributed by atoms with E-state index in [2.05, 4.69) is 0 Å². The smallest absolute Gasteiger partial charge is 0.127 e. The monoisotopic (exact) mass is 187 g/mol. The van der Waals surface area contributed by atoms with Crippen molar-refractivity contribution in [1.29, 1.82) is 0 Å². The lowest BCUT2D eigenvalue weighted by molar-refractivity contribution is 0.392. The molecule has 0 N–H and O–H groups in total. The van der Waals surface area contributed by atoms with Gasteiger partial charge in [-0.15, -0.1) is 0 Å². The van der Waals surface area contributed by atoms with E-state index in [9.17, 15) is 4.39 Å². The zero-order chi connectivity index (χ0) is 9.14. The maximum atomic E-state index is 13.0. The van der Waals surface area contributed by atoms with Gasteiger partial charge in [0.1, 0.15) is 5.82 Å². The van der Waals surface area contributed by atoms with Crippen LogP contribution in [0.25, 0.3) is 0 Å². The molecule has 1 rings (SSSR count). The van der Waals surface area contributed by atoms with E-state index in [1.807, 2.05) is 19.0 Å². The molecule has 0 saturated heterocycles. The van der Waals surface area contributed by atoms with E-state index in [4.69, 9.17) is 11.6 Å². The first-order valence-electron chi connectivity index (χ1n) is 3.68. The molecular weight excluding hydrogens is 177 g/mol. The summed E-state index contributed by atoms with van der Waals surface area (Å²) in [4.78, 5) is 1.90. The topological polar surface area (TPSA) is 3.24 Å². The quantitative estimate of drug-likeness (QED) is 0.688. The Morgan fingerprint density at radius 3 is 2.67 bits per heavy atom. The summed E-state index contributed by atoms with van der Waals surface area (Å²) in [6.45, 7) is 0.576. The number of hydrogen-bond acceptors (Lipinski definition) is 1. The summed E-state index contributed by atoms with van der Waals surface area (Å²) in [6, 6.07) is 4.59. The second-order valence-electron chi connectivity index (χ2n) is 2.97. The van der Waals surface area contributed by atoms with Crippen molar-refractivity contribution in [3.8, 4) is 0 Å². The van der Waals surface area contributed by atoms with Gasteiger partial charge >= 0.3 is 0 Å². The van der Waals surface area contributed by atoms with Gasteiger partial charge in [-0.25, -0.2) is 4.39 Å². The lowest BCUT2D eigenvalue weighted by atomic mass is 10.2. The van der Waals surface area contributed by atoms with Crippen molar-refractivity contribution in [2.24, 2.45) is 0 Å². The molecule has 0 aliphatic heterocycles. The average Bonchev–Trinajstić information content (AvgIpc) is 1.96. The molecule has 0 saturated carbocycles. The van der Waals surface area contributed by atoms with E-state index in [0.29, 0.717) is 17.1 Å². The van der Waals surface area contributed by atoms with Gasteiger partial charge in [0.2, 0.25) is 0 Å². The van der Waals surface area contributed by atoms with Gasteiger partial charge < -0.3 is 4.90 Å². The van der Waals surface area contributed by atoms with Crippen LogP contribution in [-0.4, -0.2) is 19.0 Å². The molecule has 3 heteroatoms. The Morgan fingerprint density at radius 2 is 2.08 bits per heavy atom. The largest absolute Gasteiger partial charge is 0.305 e. The van der Waals surface area contributed by atoms with Crippen LogP contribution in [0.2, 0.25) is 5.02 Å². The molecule has 0 aliphatic rings. The molecule has 0 aliphatic carbocycles. The SMILES string of the molecule is CN(C)Cc1cc(Cl)ccc1F. The maximum absolute atomic E-state index is 13.0. The molecule has 0 atom stereocenters. The first kappa shape index (κ1) is 9.49. The Kier molecular flexibility index (Phi) is 3.06. The highest BCUT2D eigenvalue weighted by molar-refractivity contribution is 6.30. The highest BCUT2D eigenvalue weighted by Gasteiger charge is 2.03. The summed E-state index contributed by atoms with van der Waals surface area (Å²) in [5.41, 5.74) is 0.632. The number of rotatable bonds is 2. The predicted octanol–water partition coefficient (Wildman–Crippen LogP) is 2.54. The molecule has 66 valence electrons. The van der Waals surface area contributed by atoms with Crippen LogP contribution in [0.15, 0.2) is 18.2 Å². The Morgan fingerprint density at radius 1 is 1.42 bits per heavy atom. The maximum Gasteiger partial charge on any atom is 0.127 e. The highest BCUT2D eigenvalue weighted by atomic mass is 35.5. The first-order valence-corrected chi connectivity index (χ1v) is 4.06. The van der Waals surface area contributed by atoms with Gasteiger partial charge in [0.15, 0.2) is 0 Å². The number of nitrogens with zero attached hydrogens (tertiary/aromatic N) is 1. The van der Waals surface area contributed by atoms with Gasteiger partial charge in [-0.1, -0.05) is 11.6 Å². The van der Waals surface area contributed by atoms with Gasteiger partial charge in [0.05, 0.1) is 0 Å². The molecule has 1 aromatic carbocycles. The van der Waals surface area contributed by atoms with Gasteiger partial charge in [-0.05, 0) is 32.3 Å². The minimum atomic E-state index is -0.201. The van der Waals surface area contributed by atoms with E-state index >= 15 is 0 Å². The molecule has 0 spiro atoms. The summed E-state index contributed by atoms with van der Waals surface area (Å²) < 4.78 is 13.0. The van der Waals surface area contributed by atoms with E-state index in [0.717, 1.165) is 0 Å². The molecule has 0 unspecified atom stereocenters. The van der Waals surface area contributed by atoms with E-state index in [1.54, 1.807) is 12.1 Å². The Bertz CT molecular complexity index is 273. The molecule has 0 aromatic heterocycles. The molecule has 0 fully saturated rings. The number of benzene rings is 1. The zero-order valence-corrected chi connectivity index (χ0v) is 7.90. The van der Waals surface area contributed by atoms with E-state index < -0.39 is 0 Å². The van der Waals surface area contributed by atoms with Gasteiger partial charge in [0, 0.05) is 17.1 Å². The van der Waals surface area contributed by atoms with Crippen molar-refractivity contribution in [3.05, 3.63) is 34.6 Å². The minimum Gasteiger partial charge on any atom is -0.305 e. The molecule has 0 amide bonds. The summed E-state index contributed by atoms with van der Waals surface area (Å²) >= 11 is 5.72. The predicted molar refractivity (Wildman–Crippen MR) is 48.8 cm³/mol. The molecule has 0 heterocycles. The van der Waals surface area contributed by atoms with Gasteiger partial charge in [-0.3, -0.25) is 0 Å². The van der Waals surface area contributed by atoms with Crippen molar-refractivity contribution in [3.63, 3.8) is 0 Å². The fourth-order valence-corrected chi connectivity index (χ4v) is 1.20. The molecule has 1 nitrogen and oxygen atoms in total. The van der Waals surface area contributed by atoms with Crippen LogP contribution in [0, 0.1) is 5.82 Å². The van der Waals surface area contributed by atoms with Gasteiger partial charge in [-0.2, -0.15) is 0 Å². The third-order valence-electron chi connectivity index (χ3n) is 1.49. The average molecular weight is 188 g/mol. The summed E-state index contributed by atoms with van der Waals surface area (Å²) in [6.07, 6.45) is 0. The second kappa shape index (κ2) is 3.87. The lowest BCUT2D eigenvalue weighted by Crippen LogP contribution is -2.11. The van der Waals surface area contributed by atoms with Crippen LogP contribution in [0.3, 0.4) is 0 Å². The Labute approximate surface area is 76.8 Å². The minimum absolute atomic E-state index is 0.201. The van der Waals surface area contributed by atoms with Crippen LogP contribution in [0.4, 0.5) is 4.39 Å². The molecule has 12 heavy (non-hydrogen) atoms. The fraction of sp³-hybridized carbons (Fsp3) is 0.333. The zero-order valence-electron chi connectivity index (χ0n) is 7.14. The fourth-order valence-electron chi connectivity index (χ4n) is 1.01. The second-order valence-corrected chi connectivity index (χ2v) is 3.41. The van der Waals surface area contributed by atoms with Gasteiger partial charge in [0.25, 0.3) is 0 Å².